The normalized spacial score (nSPS) is 13.4. The number of anilines is 1. The highest BCUT2D eigenvalue weighted by molar-refractivity contribution is 7.17. The second-order valence-corrected chi connectivity index (χ2v) is 5.72. The third-order valence-electron chi connectivity index (χ3n) is 3.24. The van der Waals surface area contributed by atoms with Gasteiger partial charge in [0.2, 0.25) is 0 Å². The lowest BCUT2D eigenvalue weighted by atomic mass is 10.0. The number of nitrogens with one attached hydrogen (secondary N) is 1. The largest absolute Gasteiger partial charge is 0.298 e. The molecule has 0 unspecified atom stereocenters. The molecule has 0 saturated carbocycles. The van der Waals surface area contributed by atoms with Gasteiger partial charge < -0.3 is 0 Å². The van der Waals surface area contributed by atoms with Crippen LogP contribution in [0.3, 0.4) is 0 Å². The molecule has 0 bridgehead atoms. The van der Waals surface area contributed by atoms with Crippen molar-refractivity contribution < 1.29 is 9.59 Å². The Kier molecular flexibility index (Phi) is 3.50. The second-order valence-electron chi connectivity index (χ2n) is 4.72. The minimum atomic E-state index is -0.328. The number of nitriles is 1. The van der Waals surface area contributed by atoms with Crippen LogP contribution in [0.15, 0.2) is 24.3 Å². The SMILES string of the molecule is N#Cc1cccc(C(=O)Nc2nc3c(s2)C(=O)CCC3)c1. The number of nitrogens with zero attached hydrogens (tertiary/aromatic N) is 2. The molecule has 5 nitrogen and oxygen atoms in total. The van der Waals surface area contributed by atoms with Gasteiger partial charge in [-0.15, -0.1) is 0 Å². The number of hydrogen-bond donors (Lipinski definition) is 1. The summed E-state index contributed by atoms with van der Waals surface area (Å²) in [5.74, 6) is -0.230. The average Bonchev–Trinajstić information content (AvgIpc) is 2.91. The molecule has 1 heterocycles. The van der Waals surface area contributed by atoms with Crippen LogP contribution in [0.1, 0.15) is 44.1 Å². The van der Waals surface area contributed by atoms with Crippen LogP contribution in [-0.2, 0) is 6.42 Å². The predicted molar refractivity (Wildman–Crippen MR) is 78.5 cm³/mol. The monoisotopic (exact) mass is 297 g/mol. The lowest BCUT2D eigenvalue weighted by Gasteiger charge is -2.05. The van der Waals surface area contributed by atoms with Crippen molar-refractivity contribution in [2.75, 3.05) is 5.32 Å². The van der Waals surface area contributed by atoms with E-state index in [1.165, 1.54) is 17.4 Å². The van der Waals surface area contributed by atoms with Gasteiger partial charge in [-0.25, -0.2) is 4.98 Å². The van der Waals surface area contributed by atoms with Crippen LogP contribution in [0.5, 0.6) is 0 Å². The zero-order valence-electron chi connectivity index (χ0n) is 11.0. The molecule has 6 heteroatoms. The zero-order chi connectivity index (χ0) is 14.8. The molecule has 21 heavy (non-hydrogen) atoms. The van der Waals surface area contributed by atoms with Crippen molar-refractivity contribution >= 4 is 28.2 Å². The Morgan fingerprint density at radius 2 is 2.24 bits per heavy atom. The van der Waals surface area contributed by atoms with E-state index < -0.39 is 0 Å². The van der Waals surface area contributed by atoms with Crippen molar-refractivity contribution in [3.05, 3.63) is 46.0 Å². The summed E-state index contributed by atoms with van der Waals surface area (Å²) in [6, 6.07) is 8.44. The maximum absolute atomic E-state index is 12.1. The van der Waals surface area contributed by atoms with Gasteiger partial charge in [0.25, 0.3) is 5.91 Å². The first-order valence-electron chi connectivity index (χ1n) is 6.52. The number of ketones is 1. The molecule has 104 valence electrons. The van der Waals surface area contributed by atoms with Crippen molar-refractivity contribution in [2.24, 2.45) is 0 Å². The van der Waals surface area contributed by atoms with E-state index in [1.807, 2.05) is 6.07 Å². The quantitative estimate of drug-likeness (QED) is 0.924. The molecule has 0 fully saturated rings. The summed E-state index contributed by atoms with van der Waals surface area (Å²) in [6.07, 6.45) is 2.14. The fourth-order valence-corrected chi connectivity index (χ4v) is 3.20. The molecular formula is C15H11N3O2S. The number of benzene rings is 1. The summed E-state index contributed by atoms with van der Waals surface area (Å²) < 4.78 is 0. The van der Waals surface area contributed by atoms with Crippen LogP contribution in [0.25, 0.3) is 0 Å². The first-order valence-corrected chi connectivity index (χ1v) is 7.33. The molecule has 0 aliphatic heterocycles. The molecule has 1 N–H and O–H groups in total. The number of aromatic nitrogens is 1. The third kappa shape index (κ3) is 2.69. The van der Waals surface area contributed by atoms with Crippen LogP contribution in [-0.4, -0.2) is 16.7 Å². The minimum Gasteiger partial charge on any atom is -0.298 e. The Labute approximate surface area is 125 Å². The van der Waals surface area contributed by atoms with Gasteiger partial charge in [-0.05, 0) is 31.0 Å². The van der Waals surface area contributed by atoms with E-state index in [-0.39, 0.29) is 11.7 Å². The summed E-state index contributed by atoms with van der Waals surface area (Å²) in [7, 11) is 0. The van der Waals surface area contributed by atoms with E-state index in [9.17, 15) is 9.59 Å². The summed E-state index contributed by atoms with van der Waals surface area (Å²) in [6.45, 7) is 0. The van der Waals surface area contributed by atoms with Crippen molar-refractivity contribution in [1.82, 2.24) is 4.98 Å². The first kappa shape index (κ1) is 13.5. The van der Waals surface area contributed by atoms with E-state index >= 15 is 0 Å². The third-order valence-corrected chi connectivity index (χ3v) is 4.30. The van der Waals surface area contributed by atoms with Gasteiger partial charge in [0.05, 0.1) is 22.2 Å². The van der Waals surface area contributed by atoms with Gasteiger partial charge in [-0.2, -0.15) is 5.26 Å². The Morgan fingerprint density at radius 1 is 1.38 bits per heavy atom. The van der Waals surface area contributed by atoms with Gasteiger partial charge in [0.1, 0.15) is 0 Å². The molecule has 1 amide bonds. The molecular weight excluding hydrogens is 286 g/mol. The maximum atomic E-state index is 12.1. The summed E-state index contributed by atoms with van der Waals surface area (Å²) in [5.41, 5.74) is 1.60. The molecule has 1 aromatic carbocycles. The molecule has 0 saturated heterocycles. The molecule has 0 spiro atoms. The van der Waals surface area contributed by atoms with Crippen LogP contribution in [0.2, 0.25) is 0 Å². The highest BCUT2D eigenvalue weighted by atomic mass is 32.1. The number of Topliss-reactive ketones (excluding diaryl/α,β-unsaturated/α-hetero) is 1. The second kappa shape index (κ2) is 5.46. The fourth-order valence-electron chi connectivity index (χ4n) is 2.22. The first-order chi connectivity index (χ1) is 10.2. The molecule has 1 aliphatic rings. The molecule has 0 radical (unpaired) electrons. The van der Waals surface area contributed by atoms with E-state index in [4.69, 9.17) is 5.26 Å². The van der Waals surface area contributed by atoms with E-state index in [0.717, 1.165) is 18.5 Å². The number of carbonyl (C=O) groups is 2. The Morgan fingerprint density at radius 3 is 3.00 bits per heavy atom. The number of thiazole rings is 1. The van der Waals surface area contributed by atoms with Gasteiger partial charge in [0.15, 0.2) is 10.9 Å². The average molecular weight is 297 g/mol. The maximum Gasteiger partial charge on any atom is 0.257 e. The number of rotatable bonds is 2. The number of aryl methyl sites for hydroxylation is 1. The van der Waals surface area contributed by atoms with Crippen molar-refractivity contribution in [1.29, 1.82) is 5.26 Å². The predicted octanol–water partition coefficient (Wildman–Crippen LogP) is 2.79. The number of fused-ring (bicyclic) bond motifs is 1. The van der Waals surface area contributed by atoms with Crippen molar-refractivity contribution in [3.63, 3.8) is 0 Å². The van der Waals surface area contributed by atoms with Crippen LogP contribution < -0.4 is 5.32 Å². The Hall–Kier alpha value is -2.52. The van der Waals surface area contributed by atoms with Crippen LogP contribution in [0, 0.1) is 11.3 Å². The topological polar surface area (TPSA) is 82.8 Å². The smallest absolute Gasteiger partial charge is 0.257 e. The van der Waals surface area contributed by atoms with Crippen molar-refractivity contribution in [2.45, 2.75) is 19.3 Å². The molecule has 0 atom stereocenters. The number of hydrogen-bond acceptors (Lipinski definition) is 5. The number of carbonyl (C=O) groups excluding carboxylic acids is 2. The van der Waals surface area contributed by atoms with Gasteiger partial charge in [0, 0.05) is 12.0 Å². The van der Waals surface area contributed by atoms with Crippen LogP contribution in [0.4, 0.5) is 5.13 Å². The van der Waals surface area contributed by atoms with E-state index in [1.54, 1.807) is 18.2 Å². The van der Waals surface area contributed by atoms with E-state index in [2.05, 4.69) is 10.3 Å². The lowest BCUT2D eigenvalue weighted by molar-refractivity contribution is 0.0975. The van der Waals surface area contributed by atoms with E-state index in [0.29, 0.717) is 27.6 Å². The van der Waals surface area contributed by atoms with Crippen molar-refractivity contribution in [3.8, 4) is 6.07 Å². The Balaban J connectivity index is 1.82. The molecule has 3 rings (SSSR count). The summed E-state index contributed by atoms with van der Waals surface area (Å²) in [5, 5.41) is 12.0. The lowest BCUT2D eigenvalue weighted by Crippen LogP contribution is -2.12. The highest BCUT2D eigenvalue weighted by Crippen LogP contribution is 2.29. The highest BCUT2D eigenvalue weighted by Gasteiger charge is 2.22. The minimum absolute atomic E-state index is 0.0979. The summed E-state index contributed by atoms with van der Waals surface area (Å²) >= 11 is 1.22. The number of amides is 1. The standard InChI is InChI=1S/C15H11N3O2S/c16-8-9-3-1-4-10(7-9)14(20)18-15-17-11-5-2-6-12(19)13(11)21-15/h1,3-4,7H,2,5-6H2,(H,17,18,20). The fraction of sp³-hybridized carbons (Fsp3) is 0.200. The summed E-state index contributed by atoms with van der Waals surface area (Å²) in [4.78, 5) is 28.9. The van der Waals surface area contributed by atoms with Crippen LogP contribution >= 0.6 is 11.3 Å². The molecule has 2 aromatic rings. The van der Waals surface area contributed by atoms with Gasteiger partial charge >= 0.3 is 0 Å². The molecule has 1 aliphatic carbocycles. The molecule has 1 aromatic heterocycles. The zero-order valence-corrected chi connectivity index (χ0v) is 11.9. The van der Waals surface area contributed by atoms with Gasteiger partial charge in [-0.1, -0.05) is 17.4 Å². The van der Waals surface area contributed by atoms with Gasteiger partial charge in [-0.3, -0.25) is 14.9 Å². The Bertz CT molecular complexity index is 773.